The number of pyridine rings is 1. The Labute approximate surface area is 144 Å². The van der Waals surface area contributed by atoms with E-state index in [2.05, 4.69) is 78.7 Å². The number of benzene rings is 2. The van der Waals surface area contributed by atoms with E-state index in [9.17, 15) is 0 Å². The molecule has 0 N–H and O–H groups in total. The number of allylic oxidation sites excluding steroid dienone is 3. The zero-order valence-electron chi connectivity index (χ0n) is 13.8. The van der Waals surface area contributed by atoms with E-state index in [0.717, 1.165) is 5.56 Å². The van der Waals surface area contributed by atoms with Gasteiger partial charge in [-0.3, -0.25) is 4.98 Å². The van der Waals surface area contributed by atoms with E-state index in [0.29, 0.717) is 5.92 Å². The molecular formula is C23H21N. The second-order valence-corrected chi connectivity index (χ2v) is 5.82. The zero-order valence-corrected chi connectivity index (χ0v) is 13.8. The first-order chi connectivity index (χ1) is 11.8. The molecule has 3 rings (SSSR count). The average molecular weight is 311 g/mol. The van der Waals surface area contributed by atoms with Gasteiger partial charge in [0.2, 0.25) is 0 Å². The molecule has 0 amide bonds. The lowest BCUT2D eigenvalue weighted by atomic mass is 9.98. The van der Waals surface area contributed by atoms with Crippen molar-refractivity contribution in [3.8, 4) is 11.1 Å². The lowest BCUT2D eigenvalue weighted by Gasteiger charge is -2.08. The van der Waals surface area contributed by atoms with Gasteiger partial charge in [0.1, 0.15) is 0 Å². The van der Waals surface area contributed by atoms with Crippen LogP contribution in [0, 0.1) is 0 Å². The molecule has 1 atom stereocenters. The summed E-state index contributed by atoms with van der Waals surface area (Å²) in [6.07, 6.45) is 12.4. The van der Waals surface area contributed by atoms with Crippen molar-refractivity contribution >= 4 is 6.08 Å². The molecule has 0 fully saturated rings. The van der Waals surface area contributed by atoms with Crippen LogP contribution in [0.1, 0.15) is 24.0 Å². The van der Waals surface area contributed by atoms with E-state index in [1.165, 1.54) is 16.7 Å². The summed E-state index contributed by atoms with van der Waals surface area (Å²) in [5, 5.41) is 0. The van der Waals surface area contributed by atoms with Gasteiger partial charge >= 0.3 is 0 Å². The predicted octanol–water partition coefficient (Wildman–Crippen LogP) is 6.12. The maximum absolute atomic E-state index is 4.41. The van der Waals surface area contributed by atoms with Gasteiger partial charge in [-0.2, -0.15) is 0 Å². The lowest BCUT2D eigenvalue weighted by Crippen LogP contribution is -1.91. The topological polar surface area (TPSA) is 12.9 Å². The SMILES string of the molecule is C[C@@H](/C=C/C=C/c1ccccc1)c1cncc(-c2ccccc2)c1. The largest absolute Gasteiger partial charge is 0.264 e. The summed E-state index contributed by atoms with van der Waals surface area (Å²) < 4.78 is 0. The van der Waals surface area contributed by atoms with Gasteiger partial charge in [-0.15, -0.1) is 0 Å². The van der Waals surface area contributed by atoms with Crippen LogP contribution in [0.3, 0.4) is 0 Å². The number of hydrogen-bond acceptors (Lipinski definition) is 1. The molecular weight excluding hydrogens is 290 g/mol. The molecule has 1 heteroatoms. The smallest absolute Gasteiger partial charge is 0.0346 e. The third-order valence-electron chi connectivity index (χ3n) is 3.99. The van der Waals surface area contributed by atoms with Crippen LogP contribution in [0.25, 0.3) is 17.2 Å². The van der Waals surface area contributed by atoms with Gasteiger partial charge in [-0.05, 0) is 22.8 Å². The van der Waals surface area contributed by atoms with Crippen LogP contribution >= 0.6 is 0 Å². The minimum atomic E-state index is 0.321. The zero-order chi connectivity index (χ0) is 16.6. The highest BCUT2D eigenvalue weighted by Gasteiger charge is 2.04. The molecule has 0 radical (unpaired) electrons. The molecule has 3 aromatic rings. The molecule has 0 aliphatic heterocycles. The molecule has 0 saturated heterocycles. The number of rotatable bonds is 5. The summed E-state index contributed by atoms with van der Waals surface area (Å²) in [6.45, 7) is 2.19. The summed E-state index contributed by atoms with van der Waals surface area (Å²) in [5.41, 5.74) is 4.79. The fourth-order valence-corrected chi connectivity index (χ4v) is 2.57. The van der Waals surface area contributed by atoms with Gasteiger partial charge in [0, 0.05) is 23.9 Å². The summed E-state index contributed by atoms with van der Waals surface area (Å²) in [7, 11) is 0. The molecule has 0 bridgehead atoms. The second-order valence-electron chi connectivity index (χ2n) is 5.82. The Kier molecular flexibility index (Phi) is 5.36. The molecule has 1 nitrogen and oxygen atoms in total. The van der Waals surface area contributed by atoms with Crippen molar-refractivity contribution in [2.24, 2.45) is 0 Å². The third kappa shape index (κ3) is 4.30. The molecule has 0 aliphatic rings. The van der Waals surface area contributed by atoms with Gasteiger partial charge in [0.05, 0.1) is 0 Å². The summed E-state index contributed by atoms with van der Waals surface area (Å²) in [6, 6.07) is 22.9. The molecule has 1 aromatic heterocycles. The second kappa shape index (κ2) is 8.07. The predicted molar refractivity (Wildman–Crippen MR) is 103 cm³/mol. The fourth-order valence-electron chi connectivity index (χ4n) is 2.57. The molecule has 0 unspecified atom stereocenters. The van der Waals surface area contributed by atoms with Crippen LogP contribution in [-0.4, -0.2) is 4.98 Å². The van der Waals surface area contributed by atoms with Gasteiger partial charge < -0.3 is 0 Å². The standard InChI is InChI=1S/C23H21N/c1-19(10-8-9-13-20-11-4-2-5-12-20)22-16-23(18-24-17-22)21-14-6-3-7-15-21/h2-19H,1H3/b10-8+,13-9+/t19-/m0/s1. The van der Waals surface area contributed by atoms with Crippen molar-refractivity contribution in [3.63, 3.8) is 0 Å². The first-order valence-electron chi connectivity index (χ1n) is 8.23. The van der Waals surface area contributed by atoms with Crippen LogP contribution in [0.15, 0.2) is 97.4 Å². The Hall–Kier alpha value is -2.93. The van der Waals surface area contributed by atoms with Crippen LogP contribution in [0.4, 0.5) is 0 Å². The van der Waals surface area contributed by atoms with E-state index < -0.39 is 0 Å². The van der Waals surface area contributed by atoms with Crippen molar-refractivity contribution in [1.29, 1.82) is 0 Å². The fraction of sp³-hybridized carbons (Fsp3) is 0.0870. The Morgan fingerprint density at radius 3 is 2.25 bits per heavy atom. The van der Waals surface area contributed by atoms with Crippen molar-refractivity contribution in [1.82, 2.24) is 4.98 Å². The molecule has 0 saturated carbocycles. The van der Waals surface area contributed by atoms with E-state index in [4.69, 9.17) is 0 Å². The lowest BCUT2D eigenvalue weighted by molar-refractivity contribution is 0.954. The Balaban J connectivity index is 1.70. The van der Waals surface area contributed by atoms with Crippen LogP contribution in [-0.2, 0) is 0 Å². The van der Waals surface area contributed by atoms with Gasteiger partial charge in [-0.25, -0.2) is 0 Å². The van der Waals surface area contributed by atoms with E-state index >= 15 is 0 Å². The van der Waals surface area contributed by atoms with Crippen LogP contribution in [0.5, 0.6) is 0 Å². The molecule has 1 heterocycles. The van der Waals surface area contributed by atoms with Crippen LogP contribution < -0.4 is 0 Å². The maximum Gasteiger partial charge on any atom is 0.0346 e. The monoisotopic (exact) mass is 311 g/mol. The summed E-state index contributed by atoms with van der Waals surface area (Å²) in [5.74, 6) is 0.321. The van der Waals surface area contributed by atoms with Crippen molar-refractivity contribution in [3.05, 3.63) is 108 Å². The normalized spacial score (nSPS) is 12.7. The Morgan fingerprint density at radius 1 is 0.792 bits per heavy atom. The number of aromatic nitrogens is 1. The molecule has 24 heavy (non-hydrogen) atoms. The third-order valence-corrected chi connectivity index (χ3v) is 3.99. The molecule has 118 valence electrons. The van der Waals surface area contributed by atoms with Crippen molar-refractivity contribution in [2.45, 2.75) is 12.8 Å². The number of hydrogen-bond donors (Lipinski definition) is 0. The highest BCUT2D eigenvalue weighted by molar-refractivity contribution is 5.63. The minimum absolute atomic E-state index is 0.321. The van der Waals surface area contributed by atoms with E-state index in [1.54, 1.807) is 0 Å². The molecule has 0 aliphatic carbocycles. The Bertz CT molecular complexity index is 817. The van der Waals surface area contributed by atoms with Gasteiger partial charge in [0.15, 0.2) is 0 Å². The first-order valence-corrected chi connectivity index (χ1v) is 8.23. The number of nitrogens with zero attached hydrogens (tertiary/aromatic N) is 1. The average Bonchev–Trinajstić information content (AvgIpc) is 2.67. The van der Waals surface area contributed by atoms with Gasteiger partial charge in [0.25, 0.3) is 0 Å². The first kappa shape index (κ1) is 15.9. The highest BCUT2D eigenvalue weighted by Crippen LogP contribution is 2.23. The minimum Gasteiger partial charge on any atom is -0.264 e. The summed E-state index contributed by atoms with van der Waals surface area (Å²) in [4.78, 5) is 4.41. The van der Waals surface area contributed by atoms with Crippen molar-refractivity contribution in [2.75, 3.05) is 0 Å². The molecule has 0 spiro atoms. The summed E-state index contributed by atoms with van der Waals surface area (Å²) >= 11 is 0. The highest BCUT2D eigenvalue weighted by atomic mass is 14.6. The quantitative estimate of drug-likeness (QED) is 0.517. The van der Waals surface area contributed by atoms with Crippen LogP contribution in [0.2, 0.25) is 0 Å². The molecule has 2 aromatic carbocycles. The Morgan fingerprint density at radius 2 is 1.50 bits per heavy atom. The van der Waals surface area contributed by atoms with Gasteiger partial charge in [-0.1, -0.05) is 91.9 Å². The van der Waals surface area contributed by atoms with Crippen molar-refractivity contribution < 1.29 is 0 Å². The van der Waals surface area contributed by atoms with E-state index in [1.807, 2.05) is 36.7 Å². The van der Waals surface area contributed by atoms with E-state index in [-0.39, 0.29) is 0 Å². The maximum atomic E-state index is 4.41.